The highest BCUT2D eigenvalue weighted by Gasteiger charge is 2.20. The van der Waals surface area contributed by atoms with Gasteiger partial charge in [0.05, 0.1) is 17.2 Å². The zero-order chi connectivity index (χ0) is 14.5. The van der Waals surface area contributed by atoms with E-state index < -0.39 is 4.92 Å². The summed E-state index contributed by atoms with van der Waals surface area (Å²) in [4.78, 5) is 10.4. The van der Waals surface area contributed by atoms with Crippen molar-refractivity contribution >= 4 is 22.4 Å². The maximum Gasteiger partial charge on any atom is 0.300 e. The van der Waals surface area contributed by atoms with Crippen LogP contribution in [0.3, 0.4) is 0 Å². The molecule has 0 amide bonds. The Labute approximate surface area is 115 Å². The lowest BCUT2D eigenvalue weighted by Crippen LogP contribution is -2.24. The fourth-order valence-electron chi connectivity index (χ4n) is 2.08. The van der Waals surface area contributed by atoms with Crippen molar-refractivity contribution in [2.24, 2.45) is 0 Å². The van der Waals surface area contributed by atoms with E-state index in [1.54, 1.807) is 13.2 Å². The molecule has 0 spiro atoms. The molecule has 1 atom stereocenters. The Kier molecular flexibility index (Phi) is 4.46. The number of anilines is 1. The number of ether oxygens (including phenoxy) is 1. The third-order valence-corrected chi connectivity index (χ3v) is 2.96. The maximum atomic E-state index is 10.9. The van der Waals surface area contributed by atoms with Gasteiger partial charge in [-0.15, -0.1) is 0 Å². The number of methoxy groups -OCH3 is 1. The summed E-state index contributed by atoms with van der Waals surface area (Å²) in [5, 5.41) is 21.5. The number of aromatic nitrogens is 2. The molecule has 0 saturated carbocycles. The normalized spacial score (nSPS) is 12.5. The first-order valence-electron chi connectivity index (χ1n) is 6.32. The number of non-ortho nitro benzene ring substituents is 1. The van der Waals surface area contributed by atoms with Crippen LogP contribution in [0.25, 0.3) is 11.0 Å². The average molecular weight is 280 g/mol. The fourth-order valence-corrected chi connectivity index (χ4v) is 2.08. The Bertz CT molecular complexity index is 592. The number of nitro benzene ring substituents is 1. The summed E-state index contributed by atoms with van der Waals surface area (Å²) in [6.45, 7) is 2.62. The monoisotopic (exact) mass is 280 g/mol. The molecular weight excluding hydrogens is 264 g/mol. The van der Waals surface area contributed by atoms with Crippen molar-refractivity contribution in [2.75, 3.05) is 19.0 Å². The summed E-state index contributed by atoms with van der Waals surface area (Å²) >= 11 is 0. The van der Waals surface area contributed by atoms with Crippen molar-refractivity contribution in [2.45, 2.75) is 25.8 Å². The Morgan fingerprint density at radius 1 is 1.45 bits per heavy atom. The predicted octanol–water partition coefficient (Wildman–Crippen LogP) is 2.36. The van der Waals surface area contributed by atoms with E-state index in [0.29, 0.717) is 17.8 Å². The number of nitro groups is 1. The molecule has 8 heteroatoms. The first-order valence-corrected chi connectivity index (χ1v) is 6.32. The van der Waals surface area contributed by atoms with Crippen LogP contribution >= 0.6 is 0 Å². The molecule has 108 valence electrons. The second-order valence-corrected chi connectivity index (χ2v) is 4.44. The molecule has 0 radical (unpaired) electrons. The van der Waals surface area contributed by atoms with Crippen LogP contribution in [0.2, 0.25) is 0 Å². The van der Waals surface area contributed by atoms with Crippen molar-refractivity contribution in [3.8, 4) is 0 Å². The second-order valence-electron chi connectivity index (χ2n) is 4.44. The fraction of sp³-hybridized carbons (Fsp3) is 0.500. The van der Waals surface area contributed by atoms with Gasteiger partial charge in [0.1, 0.15) is 0 Å². The Morgan fingerprint density at radius 2 is 2.20 bits per heavy atom. The molecule has 0 bridgehead atoms. The number of hydrogen-bond acceptors (Lipinski definition) is 7. The van der Waals surface area contributed by atoms with E-state index in [1.807, 2.05) is 0 Å². The van der Waals surface area contributed by atoms with Gasteiger partial charge >= 0.3 is 5.69 Å². The summed E-state index contributed by atoms with van der Waals surface area (Å²) in [5.41, 5.74) is 1.04. The van der Waals surface area contributed by atoms with Crippen molar-refractivity contribution in [1.29, 1.82) is 0 Å². The van der Waals surface area contributed by atoms with Gasteiger partial charge in [-0.25, -0.2) is 4.63 Å². The summed E-state index contributed by atoms with van der Waals surface area (Å²) in [5.74, 6) is 0. The number of nitrogens with one attached hydrogen (secondary N) is 1. The number of fused-ring (bicyclic) bond motifs is 1. The summed E-state index contributed by atoms with van der Waals surface area (Å²) in [6, 6.07) is 3.11. The molecule has 20 heavy (non-hydrogen) atoms. The Morgan fingerprint density at radius 3 is 2.85 bits per heavy atom. The van der Waals surface area contributed by atoms with Gasteiger partial charge in [-0.1, -0.05) is 13.3 Å². The minimum absolute atomic E-state index is 0.103. The highest BCUT2D eigenvalue weighted by molar-refractivity contribution is 5.93. The van der Waals surface area contributed by atoms with E-state index in [2.05, 4.69) is 27.2 Å². The highest BCUT2D eigenvalue weighted by Crippen LogP contribution is 2.29. The predicted molar refractivity (Wildman–Crippen MR) is 72.7 cm³/mol. The van der Waals surface area contributed by atoms with E-state index in [0.717, 1.165) is 12.8 Å². The van der Waals surface area contributed by atoms with Gasteiger partial charge in [-0.3, -0.25) is 10.1 Å². The molecule has 1 heterocycles. The van der Waals surface area contributed by atoms with Crippen LogP contribution in [0.5, 0.6) is 0 Å². The average Bonchev–Trinajstić information content (AvgIpc) is 2.88. The Hall–Kier alpha value is -2.22. The van der Waals surface area contributed by atoms with Gasteiger partial charge in [0.15, 0.2) is 5.52 Å². The highest BCUT2D eigenvalue weighted by atomic mass is 16.6. The van der Waals surface area contributed by atoms with Crippen LogP contribution in [0.1, 0.15) is 19.8 Å². The molecule has 2 aromatic rings. The number of benzene rings is 1. The molecule has 8 nitrogen and oxygen atoms in total. The van der Waals surface area contributed by atoms with Crippen LogP contribution in [0, 0.1) is 10.1 Å². The molecule has 1 unspecified atom stereocenters. The van der Waals surface area contributed by atoms with E-state index >= 15 is 0 Å². The molecule has 1 N–H and O–H groups in total. The van der Waals surface area contributed by atoms with Crippen molar-refractivity contribution < 1.29 is 14.3 Å². The molecule has 0 aliphatic rings. The van der Waals surface area contributed by atoms with Crippen LogP contribution in [0.15, 0.2) is 16.8 Å². The van der Waals surface area contributed by atoms with E-state index in [-0.39, 0.29) is 17.2 Å². The lowest BCUT2D eigenvalue weighted by Gasteiger charge is -2.18. The minimum atomic E-state index is -0.505. The van der Waals surface area contributed by atoms with E-state index in [4.69, 9.17) is 4.74 Å². The Balaban J connectivity index is 2.33. The smallest absolute Gasteiger partial charge is 0.300 e. The van der Waals surface area contributed by atoms with Crippen molar-refractivity contribution in [3.63, 3.8) is 0 Å². The molecule has 1 aromatic heterocycles. The van der Waals surface area contributed by atoms with Crippen molar-refractivity contribution in [1.82, 2.24) is 10.3 Å². The lowest BCUT2D eigenvalue weighted by atomic mass is 10.1. The zero-order valence-corrected chi connectivity index (χ0v) is 11.3. The van der Waals surface area contributed by atoms with Crippen LogP contribution in [0.4, 0.5) is 11.4 Å². The minimum Gasteiger partial charge on any atom is -0.383 e. The van der Waals surface area contributed by atoms with Crippen LogP contribution < -0.4 is 5.32 Å². The van der Waals surface area contributed by atoms with Gasteiger partial charge in [0, 0.05) is 19.2 Å². The zero-order valence-electron chi connectivity index (χ0n) is 11.3. The second kappa shape index (κ2) is 6.29. The molecule has 0 aliphatic carbocycles. The molecule has 0 aliphatic heterocycles. The molecular formula is C12H16N4O4. The van der Waals surface area contributed by atoms with Crippen molar-refractivity contribution in [3.05, 3.63) is 22.2 Å². The van der Waals surface area contributed by atoms with Gasteiger partial charge in [0.25, 0.3) is 0 Å². The van der Waals surface area contributed by atoms with Crippen LogP contribution in [-0.4, -0.2) is 35.0 Å². The summed E-state index contributed by atoms with van der Waals surface area (Å²) in [6.07, 6.45) is 1.91. The maximum absolute atomic E-state index is 10.9. The molecule has 2 rings (SSSR count). The van der Waals surface area contributed by atoms with E-state index in [1.165, 1.54) is 6.07 Å². The standard InChI is InChI=1S/C12H16N4O4/c1-3-4-8(7-19-2)13-9-5-6-10(16(17)18)12-11(9)14-20-15-12/h5-6,8,13H,3-4,7H2,1-2H3. The largest absolute Gasteiger partial charge is 0.383 e. The van der Waals surface area contributed by atoms with E-state index in [9.17, 15) is 10.1 Å². The topological polar surface area (TPSA) is 103 Å². The lowest BCUT2D eigenvalue weighted by molar-refractivity contribution is -0.383. The third-order valence-electron chi connectivity index (χ3n) is 2.96. The summed E-state index contributed by atoms with van der Waals surface area (Å²) < 4.78 is 9.78. The first-order chi connectivity index (χ1) is 9.67. The third kappa shape index (κ3) is 2.85. The SMILES string of the molecule is CCCC(COC)Nc1ccc([N+](=O)[O-])c2nonc12. The molecule has 0 fully saturated rings. The molecule has 0 saturated heterocycles. The number of nitrogens with zero attached hydrogens (tertiary/aromatic N) is 3. The quantitative estimate of drug-likeness (QED) is 0.613. The van der Waals surface area contributed by atoms with Gasteiger partial charge in [-0.05, 0) is 22.8 Å². The first kappa shape index (κ1) is 14.2. The van der Waals surface area contributed by atoms with Crippen LogP contribution in [-0.2, 0) is 4.74 Å². The molecule has 1 aromatic carbocycles. The van der Waals surface area contributed by atoms with Gasteiger partial charge < -0.3 is 10.1 Å². The number of hydrogen-bond donors (Lipinski definition) is 1. The van der Waals surface area contributed by atoms with Gasteiger partial charge in [0.2, 0.25) is 5.52 Å². The van der Waals surface area contributed by atoms with Gasteiger partial charge in [-0.2, -0.15) is 0 Å². The number of rotatable bonds is 7. The summed E-state index contributed by atoms with van der Waals surface area (Å²) in [7, 11) is 1.63.